The summed E-state index contributed by atoms with van der Waals surface area (Å²) in [5.74, 6) is 0. The highest BCUT2D eigenvalue weighted by molar-refractivity contribution is 5.81. The highest BCUT2D eigenvalue weighted by Crippen LogP contribution is 2.30. The maximum absolute atomic E-state index is 12.7. The van der Waals surface area contributed by atoms with Gasteiger partial charge in [-0.05, 0) is 24.3 Å². The predicted molar refractivity (Wildman–Crippen MR) is 72.7 cm³/mol. The van der Waals surface area contributed by atoms with E-state index in [1.165, 1.54) is 41.2 Å². The second kappa shape index (κ2) is 4.83. The lowest BCUT2D eigenvalue weighted by molar-refractivity contribution is -0.384. The smallest absolute Gasteiger partial charge is 0.258 e. The standard InChI is InChI=1S/C14H8F3N3O2/c15-14(16,17)10-2-1-3-11(7-10)19-8-9-6-12(20(21)22)4-5-13(9)18-19/h1-8H. The second-order valence-corrected chi connectivity index (χ2v) is 4.62. The van der Waals surface area contributed by atoms with Gasteiger partial charge in [0, 0.05) is 23.7 Å². The van der Waals surface area contributed by atoms with Gasteiger partial charge in [0.25, 0.3) is 5.69 Å². The summed E-state index contributed by atoms with van der Waals surface area (Å²) in [6.07, 6.45) is -2.99. The molecule has 0 amide bonds. The summed E-state index contributed by atoms with van der Waals surface area (Å²) in [4.78, 5) is 10.2. The van der Waals surface area contributed by atoms with Gasteiger partial charge >= 0.3 is 6.18 Å². The topological polar surface area (TPSA) is 61.0 Å². The lowest BCUT2D eigenvalue weighted by atomic mass is 10.2. The van der Waals surface area contributed by atoms with E-state index in [2.05, 4.69) is 5.10 Å². The van der Waals surface area contributed by atoms with Crippen LogP contribution in [0.4, 0.5) is 18.9 Å². The third kappa shape index (κ3) is 2.50. The second-order valence-electron chi connectivity index (χ2n) is 4.62. The van der Waals surface area contributed by atoms with Crippen LogP contribution >= 0.6 is 0 Å². The van der Waals surface area contributed by atoms with E-state index in [1.54, 1.807) is 0 Å². The molecule has 0 unspecified atom stereocenters. The van der Waals surface area contributed by atoms with Crippen molar-refractivity contribution in [3.05, 3.63) is 64.3 Å². The Hall–Kier alpha value is -2.90. The van der Waals surface area contributed by atoms with Gasteiger partial charge in [-0.2, -0.15) is 18.3 Å². The lowest BCUT2D eigenvalue weighted by Gasteiger charge is -2.08. The van der Waals surface area contributed by atoms with Crippen molar-refractivity contribution in [1.82, 2.24) is 9.78 Å². The summed E-state index contributed by atoms with van der Waals surface area (Å²) in [6.45, 7) is 0. The minimum Gasteiger partial charge on any atom is -0.258 e. The summed E-state index contributed by atoms with van der Waals surface area (Å²) in [5.41, 5.74) is -0.191. The van der Waals surface area contributed by atoms with Gasteiger partial charge in [0.2, 0.25) is 0 Å². The molecule has 0 bridgehead atoms. The van der Waals surface area contributed by atoms with E-state index in [9.17, 15) is 23.3 Å². The van der Waals surface area contributed by atoms with Crippen LogP contribution in [-0.4, -0.2) is 14.7 Å². The van der Waals surface area contributed by atoms with Crippen molar-refractivity contribution in [1.29, 1.82) is 0 Å². The first-order chi connectivity index (χ1) is 10.3. The molecule has 0 saturated carbocycles. The highest BCUT2D eigenvalue weighted by Gasteiger charge is 2.30. The number of nitro groups is 1. The van der Waals surface area contributed by atoms with Gasteiger partial charge in [0.1, 0.15) is 0 Å². The Morgan fingerprint density at radius 2 is 1.91 bits per heavy atom. The van der Waals surface area contributed by atoms with E-state index in [4.69, 9.17) is 0 Å². The van der Waals surface area contributed by atoms with Gasteiger partial charge in [0.15, 0.2) is 0 Å². The Labute approximate surface area is 121 Å². The average molecular weight is 307 g/mol. The first-order valence-corrected chi connectivity index (χ1v) is 6.16. The molecule has 1 aromatic heterocycles. The number of hydrogen-bond donors (Lipinski definition) is 0. The Morgan fingerprint density at radius 1 is 1.14 bits per heavy atom. The summed E-state index contributed by atoms with van der Waals surface area (Å²) in [6, 6.07) is 8.79. The summed E-state index contributed by atoms with van der Waals surface area (Å²) in [5, 5.41) is 15.3. The normalized spacial score (nSPS) is 11.8. The first kappa shape index (κ1) is 14.1. The number of benzene rings is 2. The minimum atomic E-state index is -4.44. The molecule has 0 N–H and O–H groups in total. The number of alkyl halides is 3. The molecule has 0 aliphatic heterocycles. The van der Waals surface area contributed by atoms with E-state index in [-0.39, 0.29) is 11.4 Å². The van der Waals surface area contributed by atoms with Gasteiger partial charge in [-0.15, -0.1) is 0 Å². The highest BCUT2D eigenvalue weighted by atomic mass is 19.4. The van der Waals surface area contributed by atoms with Crippen molar-refractivity contribution in [2.24, 2.45) is 0 Å². The predicted octanol–water partition coefficient (Wildman–Crippen LogP) is 3.95. The minimum absolute atomic E-state index is 0.101. The zero-order valence-electron chi connectivity index (χ0n) is 10.9. The van der Waals surface area contributed by atoms with Crippen LogP contribution in [0.15, 0.2) is 48.7 Å². The van der Waals surface area contributed by atoms with Crippen molar-refractivity contribution >= 4 is 16.6 Å². The van der Waals surface area contributed by atoms with Gasteiger partial charge < -0.3 is 0 Å². The zero-order valence-corrected chi connectivity index (χ0v) is 10.9. The van der Waals surface area contributed by atoms with Crippen LogP contribution in [0, 0.1) is 10.1 Å². The molecule has 2 aromatic carbocycles. The molecule has 5 nitrogen and oxygen atoms in total. The van der Waals surface area contributed by atoms with Crippen LogP contribution in [0.1, 0.15) is 5.56 Å². The van der Waals surface area contributed by atoms with Crippen LogP contribution in [0.2, 0.25) is 0 Å². The van der Waals surface area contributed by atoms with Crippen LogP contribution < -0.4 is 0 Å². The van der Waals surface area contributed by atoms with Crippen molar-refractivity contribution in [2.75, 3.05) is 0 Å². The SMILES string of the molecule is O=[N+]([O-])c1ccc2nn(-c3cccc(C(F)(F)F)c3)cc2c1. The lowest BCUT2D eigenvalue weighted by Crippen LogP contribution is -2.06. The molecule has 0 aliphatic rings. The van der Waals surface area contributed by atoms with E-state index >= 15 is 0 Å². The Morgan fingerprint density at radius 3 is 2.59 bits per heavy atom. The Bertz CT molecular complexity index is 871. The number of halogens is 3. The molecule has 22 heavy (non-hydrogen) atoms. The van der Waals surface area contributed by atoms with Crippen LogP contribution in [0.25, 0.3) is 16.6 Å². The molecule has 1 heterocycles. The number of aromatic nitrogens is 2. The van der Waals surface area contributed by atoms with E-state index in [1.807, 2.05) is 0 Å². The fourth-order valence-electron chi connectivity index (χ4n) is 2.08. The van der Waals surface area contributed by atoms with Crippen molar-refractivity contribution in [3.8, 4) is 5.69 Å². The van der Waals surface area contributed by atoms with Crippen LogP contribution in [0.3, 0.4) is 0 Å². The van der Waals surface area contributed by atoms with Gasteiger partial charge in [-0.1, -0.05) is 6.07 Å². The van der Waals surface area contributed by atoms with Crippen molar-refractivity contribution in [2.45, 2.75) is 6.18 Å². The molecule has 112 valence electrons. The van der Waals surface area contributed by atoms with E-state index < -0.39 is 16.7 Å². The molecule has 8 heteroatoms. The van der Waals surface area contributed by atoms with E-state index in [0.717, 1.165) is 12.1 Å². The number of non-ortho nitro benzene ring substituents is 1. The van der Waals surface area contributed by atoms with Crippen LogP contribution in [0.5, 0.6) is 0 Å². The Kier molecular flexibility index (Phi) is 3.09. The monoisotopic (exact) mass is 307 g/mol. The van der Waals surface area contributed by atoms with Crippen LogP contribution in [-0.2, 0) is 6.18 Å². The summed E-state index contributed by atoms with van der Waals surface area (Å²) in [7, 11) is 0. The summed E-state index contributed by atoms with van der Waals surface area (Å²) < 4.78 is 39.4. The quantitative estimate of drug-likeness (QED) is 0.532. The molecule has 3 rings (SSSR count). The van der Waals surface area contributed by atoms with Gasteiger partial charge in [-0.25, -0.2) is 4.68 Å². The van der Waals surface area contributed by atoms with Gasteiger partial charge in [0.05, 0.1) is 21.7 Å². The molecule has 0 atom stereocenters. The Balaban J connectivity index is 2.09. The molecule has 0 saturated heterocycles. The fourth-order valence-corrected chi connectivity index (χ4v) is 2.08. The number of rotatable bonds is 2. The summed E-state index contributed by atoms with van der Waals surface area (Å²) >= 11 is 0. The number of nitro benzene ring substituents is 1. The van der Waals surface area contributed by atoms with Gasteiger partial charge in [-0.3, -0.25) is 10.1 Å². The molecule has 0 aliphatic carbocycles. The molecule has 3 aromatic rings. The number of fused-ring (bicyclic) bond motifs is 1. The average Bonchev–Trinajstić information content (AvgIpc) is 2.89. The molecular weight excluding hydrogens is 299 g/mol. The molecule has 0 radical (unpaired) electrons. The third-order valence-electron chi connectivity index (χ3n) is 3.14. The number of hydrogen-bond acceptors (Lipinski definition) is 3. The van der Waals surface area contributed by atoms with Crippen molar-refractivity contribution in [3.63, 3.8) is 0 Å². The fraction of sp³-hybridized carbons (Fsp3) is 0.0714. The molecular formula is C14H8F3N3O2. The van der Waals surface area contributed by atoms with E-state index in [0.29, 0.717) is 10.9 Å². The molecule has 0 fully saturated rings. The van der Waals surface area contributed by atoms with Crippen molar-refractivity contribution < 1.29 is 18.1 Å². The maximum Gasteiger partial charge on any atom is 0.416 e. The molecule has 0 spiro atoms. The largest absolute Gasteiger partial charge is 0.416 e. The maximum atomic E-state index is 12.7. The number of nitrogens with zero attached hydrogens (tertiary/aromatic N) is 3. The zero-order chi connectivity index (χ0) is 15.9. The third-order valence-corrected chi connectivity index (χ3v) is 3.14. The first-order valence-electron chi connectivity index (χ1n) is 6.16.